The number of piperidine rings is 1. The van der Waals surface area contributed by atoms with E-state index in [2.05, 4.69) is 14.8 Å². The summed E-state index contributed by atoms with van der Waals surface area (Å²) in [6, 6.07) is 3.93. The summed E-state index contributed by atoms with van der Waals surface area (Å²) in [6.45, 7) is 6.21. The van der Waals surface area contributed by atoms with Gasteiger partial charge in [-0.25, -0.2) is 9.78 Å². The van der Waals surface area contributed by atoms with Crippen LogP contribution in [0.25, 0.3) is 0 Å². The minimum absolute atomic E-state index is 0.332. The SMILES string of the molecule is Cc1cc(C(=O)O)cc(N2CCC(N3CCCCC3)C2)n1. The van der Waals surface area contributed by atoms with Crippen molar-refractivity contribution in [2.45, 2.75) is 38.6 Å². The molecule has 1 aromatic rings. The molecule has 1 unspecified atom stereocenters. The van der Waals surface area contributed by atoms with Crippen LogP contribution in [0.3, 0.4) is 0 Å². The van der Waals surface area contributed by atoms with Crippen LogP contribution in [-0.4, -0.2) is 53.2 Å². The van der Waals surface area contributed by atoms with Gasteiger partial charge in [0.25, 0.3) is 0 Å². The second-order valence-electron chi connectivity index (χ2n) is 6.15. The van der Waals surface area contributed by atoms with E-state index in [9.17, 15) is 9.90 Å². The number of carboxylic acids is 1. The molecule has 3 rings (SSSR count). The normalized spacial score (nSPS) is 23.5. The van der Waals surface area contributed by atoms with Gasteiger partial charge in [0.05, 0.1) is 5.56 Å². The van der Waals surface area contributed by atoms with Crippen molar-refractivity contribution in [2.24, 2.45) is 0 Å². The predicted molar refractivity (Wildman–Crippen MR) is 82.0 cm³/mol. The van der Waals surface area contributed by atoms with Crippen LogP contribution >= 0.6 is 0 Å². The zero-order valence-electron chi connectivity index (χ0n) is 12.6. The fourth-order valence-electron chi connectivity index (χ4n) is 3.47. The number of pyridine rings is 1. The van der Waals surface area contributed by atoms with Crippen LogP contribution in [0, 0.1) is 6.92 Å². The fourth-order valence-corrected chi connectivity index (χ4v) is 3.47. The molecule has 2 aliphatic rings. The molecule has 0 spiro atoms. The summed E-state index contributed by atoms with van der Waals surface area (Å²) in [4.78, 5) is 20.5. The van der Waals surface area contributed by atoms with Crippen LogP contribution in [0.1, 0.15) is 41.7 Å². The molecule has 2 saturated heterocycles. The molecule has 0 radical (unpaired) electrons. The second-order valence-corrected chi connectivity index (χ2v) is 6.15. The maximum absolute atomic E-state index is 11.2. The molecule has 0 bridgehead atoms. The van der Waals surface area contributed by atoms with Crippen molar-refractivity contribution in [1.29, 1.82) is 0 Å². The number of rotatable bonds is 3. The summed E-state index contributed by atoms with van der Waals surface area (Å²) in [7, 11) is 0. The van der Waals surface area contributed by atoms with E-state index >= 15 is 0 Å². The monoisotopic (exact) mass is 289 g/mol. The van der Waals surface area contributed by atoms with Crippen LogP contribution in [0.15, 0.2) is 12.1 Å². The summed E-state index contributed by atoms with van der Waals surface area (Å²) in [5, 5.41) is 9.18. The van der Waals surface area contributed by atoms with Gasteiger partial charge in [-0.3, -0.25) is 4.90 Å². The van der Waals surface area contributed by atoms with Crippen molar-refractivity contribution in [1.82, 2.24) is 9.88 Å². The Morgan fingerprint density at radius 1 is 1.24 bits per heavy atom. The number of aromatic carboxylic acids is 1. The third kappa shape index (κ3) is 3.18. The lowest BCUT2D eigenvalue weighted by molar-refractivity contribution is 0.0696. The summed E-state index contributed by atoms with van der Waals surface area (Å²) >= 11 is 0. The standard InChI is InChI=1S/C16H23N3O2/c1-12-9-13(16(20)21)10-15(17-12)19-8-5-14(11-19)18-6-3-2-4-7-18/h9-10,14H,2-8,11H2,1H3,(H,20,21). The summed E-state index contributed by atoms with van der Waals surface area (Å²) in [6.07, 6.45) is 5.12. The van der Waals surface area contributed by atoms with Gasteiger partial charge in [-0.1, -0.05) is 6.42 Å². The highest BCUT2D eigenvalue weighted by Crippen LogP contribution is 2.25. The van der Waals surface area contributed by atoms with Gasteiger partial charge < -0.3 is 10.0 Å². The lowest BCUT2D eigenvalue weighted by Crippen LogP contribution is -2.41. The first-order valence-electron chi connectivity index (χ1n) is 7.84. The van der Waals surface area contributed by atoms with Crippen molar-refractivity contribution in [2.75, 3.05) is 31.1 Å². The Balaban J connectivity index is 1.72. The molecule has 1 atom stereocenters. The zero-order valence-corrected chi connectivity index (χ0v) is 12.6. The number of likely N-dealkylation sites (tertiary alicyclic amines) is 1. The van der Waals surface area contributed by atoms with Crippen LogP contribution in [0.5, 0.6) is 0 Å². The number of carboxylic acid groups (broad SMARTS) is 1. The van der Waals surface area contributed by atoms with Gasteiger partial charge in [0.2, 0.25) is 0 Å². The van der Waals surface area contributed by atoms with Gasteiger partial charge in [0.1, 0.15) is 5.82 Å². The number of hydrogen-bond acceptors (Lipinski definition) is 4. The Bertz CT molecular complexity index is 526. The smallest absolute Gasteiger partial charge is 0.335 e. The number of aromatic nitrogens is 1. The van der Waals surface area contributed by atoms with Gasteiger partial charge in [-0.2, -0.15) is 0 Å². The Hall–Kier alpha value is -1.62. The van der Waals surface area contributed by atoms with Crippen molar-refractivity contribution < 1.29 is 9.90 Å². The number of carbonyl (C=O) groups is 1. The summed E-state index contributed by atoms with van der Waals surface area (Å²) in [5.74, 6) is -0.0690. The third-order valence-electron chi connectivity index (χ3n) is 4.58. The number of anilines is 1. The number of nitrogens with zero attached hydrogens (tertiary/aromatic N) is 3. The van der Waals surface area contributed by atoms with E-state index in [1.165, 1.54) is 32.4 Å². The van der Waals surface area contributed by atoms with E-state index in [1.54, 1.807) is 12.1 Å². The maximum Gasteiger partial charge on any atom is 0.335 e. The highest BCUT2D eigenvalue weighted by atomic mass is 16.4. The number of hydrogen-bond donors (Lipinski definition) is 1. The van der Waals surface area contributed by atoms with E-state index in [1.807, 2.05) is 6.92 Å². The van der Waals surface area contributed by atoms with Gasteiger partial charge in [0.15, 0.2) is 0 Å². The Morgan fingerprint density at radius 2 is 2.00 bits per heavy atom. The average molecular weight is 289 g/mol. The molecule has 114 valence electrons. The largest absolute Gasteiger partial charge is 0.478 e. The van der Waals surface area contributed by atoms with Gasteiger partial charge in [-0.15, -0.1) is 0 Å². The van der Waals surface area contributed by atoms with E-state index in [4.69, 9.17) is 0 Å². The Labute approximate surface area is 125 Å². The number of aryl methyl sites for hydroxylation is 1. The molecular weight excluding hydrogens is 266 g/mol. The van der Waals surface area contributed by atoms with Crippen LogP contribution in [0.2, 0.25) is 0 Å². The van der Waals surface area contributed by atoms with E-state index in [-0.39, 0.29) is 0 Å². The fraction of sp³-hybridized carbons (Fsp3) is 0.625. The lowest BCUT2D eigenvalue weighted by Gasteiger charge is -2.32. The van der Waals surface area contributed by atoms with E-state index < -0.39 is 5.97 Å². The molecule has 0 saturated carbocycles. The lowest BCUT2D eigenvalue weighted by atomic mass is 10.1. The van der Waals surface area contributed by atoms with Crippen molar-refractivity contribution in [3.8, 4) is 0 Å². The maximum atomic E-state index is 11.2. The van der Waals surface area contributed by atoms with Crippen molar-refractivity contribution in [3.63, 3.8) is 0 Å². The zero-order chi connectivity index (χ0) is 14.8. The molecule has 21 heavy (non-hydrogen) atoms. The van der Waals surface area contributed by atoms with Gasteiger partial charge in [-0.05, 0) is 51.4 Å². The molecule has 2 fully saturated rings. The molecule has 2 aliphatic heterocycles. The van der Waals surface area contributed by atoms with Crippen molar-refractivity contribution in [3.05, 3.63) is 23.4 Å². The highest BCUT2D eigenvalue weighted by molar-refractivity contribution is 5.88. The van der Waals surface area contributed by atoms with E-state index in [0.29, 0.717) is 11.6 Å². The predicted octanol–water partition coefficient (Wildman–Crippen LogP) is 2.15. The first kappa shape index (κ1) is 14.3. The minimum Gasteiger partial charge on any atom is -0.478 e. The Morgan fingerprint density at radius 3 is 2.71 bits per heavy atom. The second kappa shape index (κ2) is 6.02. The molecule has 0 amide bonds. The third-order valence-corrected chi connectivity index (χ3v) is 4.58. The summed E-state index contributed by atoms with van der Waals surface area (Å²) < 4.78 is 0. The molecule has 5 nitrogen and oxygen atoms in total. The van der Waals surface area contributed by atoms with Crippen LogP contribution < -0.4 is 4.90 Å². The minimum atomic E-state index is -0.881. The first-order valence-corrected chi connectivity index (χ1v) is 7.84. The topological polar surface area (TPSA) is 56.7 Å². The average Bonchev–Trinajstić information content (AvgIpc) is 2.97. The molecule has 0 aliphatic carbocycles. The quantitative estimate of drug-likeness (QED) is 0.924. The van der Waals surface area contributed by atoms with Crippen LogP contribution in [0.4, 0.5) is 5.82 Å². The molecule has 1 N–H and O–H groups in total. The summed E-state index contributed by atoms with van der Waals surface area (Å²) in [5.41, 5.74) is 1.10. The molecular formula is C16H23N3O2. The molecule has 1 aromatic heterocycles. The highest BCUT2D eigenvalue weighted by Gasteiger charge is 2.29. The molecule has 0 aromatic carbocycles. The van der Waals surface area contributed by atoms with Crippen LogP contribution in [-0.2, 0) is 0 Å². The first-order chi connectivity index (χ1) is 10.1. The Kier molecular flexibility index (Phi) is 4.10. The van der Waals surface area contributed by atoms with Crippen molar-refractivity contribution >= 4 is 11.8 Å². The van der Waals surface area contributed by atoms with Gasteiger partial charge in [0, 0.05) is 24.8 Å². The molecule has 5 heteroatoms. The van der Waals surface area contributed by atoms with Gasteiger partial charge >= 0.3 is 5.97 Å². The molecule has 3 heterocycles. The van der Waals surface area contributed by atoms with E-state index in [0.717, 1.165) is 31.0 Å².